The van der Waals surface area contributed by atoms with Crippen LogP contribution >= 0.6 is 0 Å². The van der Waals surface area contributed by atoms with E-state index in [1.54, 1.807) is 0 Å². The highest BCUT2D eigenvalue weighted by atomic mass is 15.6. The largest absolute Gasteiger partial charge is 0.317 e. The lowest BCUT2D eigenvalue weighted by Gasteiger charge is -2.22. The van der Waals surface area contributed by atoms with Gasteiger partial charge >= 0.3 is 0 Å². The van der Waals surface area contributed by atoms with Crippen molar-refractivity contribution in [3.63, 3.8) is 0 Å². The average molecular weight is 153 g/mol. The van der Waals surface area contributed by atoms with Crippen LogP contribution in [0.4, 0.5) is 0 Å². The van der Waals surface area contributed by atoms with Gasteiger partial charge < -0.3 is 5.32 Å². The van der Waals surface area contributed by atoms with Crippen LogP contribution in [-0.2, 0) is 0 Å². The van der Waals surface area contributed by atoms with Crippen molar-refractivity contribution in [3.8, 4) is 0 Å². The van der Waals surface area contributed by atoms with Crippen LogP contribution in [0.15, 0.2) is 20.7 Å². The van der Waals surface area contributed by atoms with Gasteiger partial charge in [0.15, 0.2) is 6.17 Å². The molecular formula is C6H11N5. The van der Waals surface area contributed by atoms with E-state index in [4.69, 9.17) is 0 Å². The van der Waals surface area contributed by atoms with Gasteiger partial charge in [-0.1, -0.05) is 0 Å². The minimum Gasteiger partial charge on any atom is -0.317 e. The second kappa shape index (κ2) is 3.04. The third kappa shape index (κ3) is 1.42. The molecule has 11 heavy (non-hydrogen) atoms. The number of nitrogens with zero attached hydrogens (tertiary/aromatic N) is 4. The molecule has 0 aromatic carbocycles. The highest BCUT2D eigenvalue weighted by Gasteiger charge is 2.24. The van der Waals surface area contributed by atoms with Gasteiger partial charge in [-0.2, -0.15) is 0 Å². The highest BCUT2D eigenvalue weighted by Crippen LogP contribution is 2.22. The van der Waals surface area contributed by atoms with E-state index in [2.05, 4.69) is 26.0 Å². The Bertz CT molecular complexity index is 169. The van der Waals surface area contributed by atoms with Crippen molar-refractivity contribution >= 4 is 0 Å². The van der Waals surface area contributed by atoms with Crippen LogP contribution in [0.25, 0.3) is 0 Å². The number of hydrogen-bond acceptors (Lipinski definition) is 5. The summed E-state index contributed by atoms with van der Waals surface area (Å²) in [6.07, 6.45) is 2.31. The highest BCUT2D eigenvalue weighted by molar-refractivity contribution is 4.78. The molecule has 0 spiro atoms. The van der Waals surface area contributed by atoms with Crippen molar-refractivity contribution in [1.29, 1.82) is 0 Å². The maximum absolute atomic E-state index is 3.92. The van der Waals surface area contributed by atoms with Gasteiger partial charge in [0.1, 0.15) is 0 Å². The molecular weight excluding hydrogens is 142 g/mol. The molecule has 0 bridgehead atoms. The molecule has 2 aliphatic rings. The minimum atomic E-state index is 0.0251. The monoisotopic (exact) mass is 153 g/mol. The Kier molecular flexibility index (Phi) is 1.89. The van der Waals surface area contributed by atoms with Gasteiger partial charge in [-0.3, -0.25) is 0 Å². The van der Waals surface area contributed by atoms with Crippen molar-refractivity contribution in [1.82, 2.24) is 5.32 Å². The van der Waals surface area contributed by atoms with E-state index < -0.39 is 0 Å². The summed E-state index contributed by atoms with van der Waals surface area (Å²) >= 11 is 0. The fourth-order valence-electron chi connectivity index (χ4n) is 1.51. The molecule has 0 aromatic heterocycles. The van der Waals surface area contributed by atoms with Crippen molar-refractivity contribution in [2.75, 3.05) is 13.1 Å². The van der Waals surface area contributed by atoms with Crippen LogP contribution in [0.1, 0.15) is 12.8 Å². The second-order valence-electron chi connectivity index (χ2n) is 2.91. The molecule has 1 N–H and O–H groups in total. The van der Waals surface area contributed by atoms with E-state index >= 15 is 0 Å². The second-order valence-corrected chi connectivity index (χ2v) is 2.91. The van der Waals surface area contributed by atoms with Crippen LogP contribution in [0.2, 0.25) is 0 Å². The van der Waals surface area contributed by atoms with E-state index in [9.17, 15) is 0 Å². The Hall–Kier alpha value is -0.840. The minimum absolute atomic E-state index is 0.0251. The normalized spacial score (nSPS) is 26.5. The van der Waals surface area contributed by atoms with E-state index in [-0.39, 0.29) is 6.17 Å². The Morgan fingerprint density at radius 3 is 2.27 bits per heavy atom. The molecule has 5 nitrogen and oxygen atoms in total. The third-order valence-corrected chi connectivity index (χ3v) is 2.19. The van der Waals surface area contributed by atoms with Crippen molar-refractivity contribution in [3.05, 3.63) is 0 Å². The molecule has 2 rings (SSSR count). The Labute approximate surface area is 65.0 Å². The Morgan fingerprint density at radius 1 is 1.00 bits per heavy atom. The summed E-state index contributed by atoms with van der Waals surface area (Å²) in [4.78, 5) is 0. The lowest BCUT2D eigenvalue weighted by Crippen LogP contribution is -2.32. The van der Waals surface area contributed by atoms with Crippen molar-refractivity contribution in [2.45, 2.75) is 19.0 Å². The summed E-state index contributed by atoms with van der Waals surface area (Å²) in [6, 6.07) is 0. The molecule has 60 valence electrons. The van der Waals surface area contributed by atoms with Gasteiger partial charge in [-0.15, -0.1) is 10.2 Å². The van der Waals surface area contributed by atoms with Crippen LogP contribution < -0.4 is 5.32 Å². The zero-order valence-corrected chi connectivity index (χ0v) is 6.27. The van der Waals surface area contributed by atoms with E-state index in [1.807, 2.05) is 0 Å². The summed E-state index contributed by atoms with van der Waals surface area (Å²) in [7, 11) is 0. The van der Waals surface area contributed by atoms with Crippen LogP contribution in [0, 0.1) is 5.92 Å². The van der Waals surface area contributed by atoms with Gasteiger partial charge in [0.2, 0.25) is 0 Å². The van der Waals surface area contributed by atoms with Crippen LogP contribution in [0.5, 0.6) is 0 Å². The van der Waals surface area contributed by atoms with E-state index in [1.165, 1.54) is 0 Å². The Morgan fingerprint density at radius 2 is 1.64 bits per heavy atom. The first kappa shape index (κ1) is 6.84. The first-order valence-electron chi connectivity index (χ1n) is 3.97. The zero-order valence-electron chi connectivity index (χ0n) is 6.27. The summed E-state index contributed by atoms with van der Waals surface area (Å²) < 4.78 is 0. The molecule has 0 aliphatic carbocycles. The number of nitrogens with one attached hydrogen (secondary N) is 1. The summed E-state index contributed by atoms with van der Waals surface area (Å²) in [5.41, 5.74) is 0. The Balaban J connectivity index is 1.92. The molecule has 1 saturated heterocycles. The SMILES string of the molecule is C1CC(C2N=NN=N2)CCN1. The number of rotatable bonds is 1. The average Bonchev–Trinajstić information content (AvgIpc) is 2.58. The fourth-order valence-corrected chi connectivity index (χ4v) is 1.51. The third-order valence-electron chi connectivity index (χ3n) is 2.19. The number of piperidine rings is 1. The number of hydrogen-bond donors (Lipinski definition) is 1. The summed E-state index contributed by atoms with van der Waals surface area (Å²) in [5.74, 6) is 0.561. The molecule has 5 heteroatoms. The molecule has 2 heterocycles. The molecule has 0 aromatic rings. The first-order valence-corrected chi connectivity index (χ1v) is 3.97. The molecule has 0 unspecified atom stereocenters. The fraction of sp³-hybridized carbons (Fsp3) is 1.00. The van der Waals surface area contributed by atoms with Crippen LogP contribution in [-0.4, -0.2) is 19.3 Å². The summed E-state index contributed by atoms with van der Waals surface area (Å²) in [6.45, 7) is 2.15. The maximum Gasteiger partial charge on any atom is 0.188 e. The van der Waals surface area contributed by atoms with Crippen LogP contribution in [0.3, 0.4) is 0 Å². The molecule has 0 atom stereocenters. The van der Waals surface area contributed by atoms with E-state index in [0.717, 1.165) is 25.9 Å². The zero-order chi connectivity index (χ0) is 7.52. The quantitative estimate of drug-likeness (QED) is 0.603. The topological polar surface area (TPSA) is 61.5 Å². The predicted molar refractivity (Wildman–Crippen MR) is 39.1 cm³/mol. The standard InChI is InChI=1S/C6H11N5/c1-3-7-4-2-5(1)6-8-10-11-9-6/h5-7H,1-4H2. The predicted octanol–water partition coefficient (Wildman–Crippen LogP) is 1.15. The molecule has 1 fully saturated rings. The molecule has 0 radical (unpaired) electrons. The first-order chi connectivity index (χ1) is 5.47. The van der Waals surface area contributed by atoms with Crippen molar-refractivity contribution in [2.24, 2.45) is 26.6 Å². The molecule has 2 aliphatic heterocycles. The lowest BCUT2D eigenvalue weighted by atomic mass is 9.96. The molecule has 0 saturated carbocycles. The van der Waals surface area contributed by atoms with E-state index in [0.29, 0.717) is 5.92 Å². The lowest BCUT2D eigenvalue weighted by molar-refractivity contribution is 0.323. The van der Waals surface area contributed by atoms with Gasteiger partial charge in [0, 0.05) is 5.92 Å². The summed E-state index contributed by atoms with van der Waals surface area (Å²) in [5, 5.41) is 18.1. The van der Waals surface area contributed by atoms with Gasteiger partial charge in [-0.05, 0) is 36.4 Å². The van der Waals surface area contributed by atoms with Gasteiger partial charge in [-0.25, -0.2) is 0 Å². The van der Waals surface area contributed by atoms with Gasteiger partial charge in [0.25, 0.3) is 0 Å². The van der Waals surface area contributed by atoms with Crippen molar-refractivity contribution < 1.29 is 0 Å². The molecule has 0 amide bonds. The maximum atomic E-state index is 3.92. The van der Waals surface area contributed by atoms with Gasteiger partial charge in [0.05, 0.1) is 0 Å². The smallest absolute Gasteiger partial charge is 0.188 e.